The molecule has 0 radical (unpaired) electrons. The zero-order chi connectivity index (χ0) is 16.7. The van der Waals surface area contributed by atoms with E-state index in [0.29, 0.717) is 17.3 Å². The molecule has 0 amide bonds. The molecule has 0 bridgehead atoms. The maximum absolute atomic E-state index is 6.04. The van der Waals surface area contributed by atoms with Crippen molar-refractivity contribution in [3.63, 3.8) is 0 Å². The van der Waals surface area contributed by atoms with Gasteiger partial charge >= 0.3 is 0 Å². The summed E-state index contributed by atoms with van der Waals surface area (Å²) in [4.78, 5) is 17.5. The van der Waals surface area contributed by atoms with E-state index < -0.39 is 0 Å². The first-order chi connectivity index (χ1) is 11.6. The van der Waals surface area contributed by atoms with E-state index in [1.165, 1.54) is 0 Å². The quantitative estimate of drug-likeness (QED) is 0.602. The van der Waals surface area contributed by atoms with Crippen molar-refractivity contribution in [3.05, 3.63) is 42.9 Å². The van der Waals surface area contributed by atoms with Crippen molar-refractivity contribution in [2.75, 3.05) is 11.1 Å². The largest absolute Gasteiger partial charge is 0.382 e. The Bertz CT molecular complexity index is 1040. The molecule has 4 aromatic rings. The summed E-state index contributed by atoms with van der Waals surface area (Å²) in [6.45, 7) is 4.14. The fourth-order valence-electron chi connectivity index (χ4n) is 2.65. The van der Waals surface area contributed by atoms with Crippen LogP contribution in [0.4, 0.5) is 17.5 Å². The Labute approximate surface area is 138 Å². The second-order valence-electron chi connectivity index (χ2n) is 5.89. The van der Waals surface area contributed by atoms with E-state index in [0.717, 1.165) is 22.2 Å². The van der Waals surface area contributed by atoms with Gasteiger partial charge in [-0.05, 0) is 38.1 Å². The van der Waals surface area contributed by atoms with E-state index in [2.05, 4.69) is 39.1 Å². The molecule has 0 atom stereocenters. The molecule has 120 valence electrons. The highest BCUT2D eigenvalue weighted by Gasteiger charge is 2.13. The predicted molar refractivity (Wildman–Crippen MR) is 95.1 cm³/mol. The minimum absolute atomic E-state index is 0.240. The van der Waals surface area contributed by atoms with Crippen molar-refractivity contribution in [2.24, 2.45) is 0 Å². The van der Waals surface area contributed by atoms with Crippen LogP contribution >= 0.6 is 0 Å². The first kappa shape index (κ1) is 14.4. The third kappa shape index (κ3) is 2.40. The second kappa shape index (κ2) is 5.45. The van der Waals surface area contributed by atoms with Crippen LogP contribution in [0, 0.1) is 0 Å². The molecule has 0 unspecified atom stereocenters. The van der Waals surface area contributed by atoms with Crippen molar-refractivity contribution < 1.29 is 0 Å². The standard InChI is InChI=1S/C17H17N7/c1-10(2)24-9-20-14-15(18)22-17(23-16(14)24)21-12-5-6-13-11(8-12)4-3-7-19-13/h3-10H,1-2H3,(H3,18,21,22,23). The summed E-state index contributed by atoms with van der Waals surface area (Å²) in [6.07, 6.45) is 3.52. The number of aromatic nitrogens is 5. The topological polar surface area (TPSA) is 94.5 Å². The SMILES string of the molecule is CC(C)n1cnc2c(N)nc(Nc3ccc4ncccc4c3)nc21. The summed E-state index contributed by atoms with van der Waals surface area (Å²) < 4.78 is 1.98. The lowest BCUT2D eigenvalue weighted by molar-refractivity contribution is 0.613. The van der Waals surface area contributed by atoms with Crippen LogP contribution in [-0.4, -0.2) is 24.5 Å². The molecule has 3 N–H and O–H groups in total. The number of nitrogens with two attached hydrogens (primary N) is 1. The number of rotatable bonds is 3. The van der Waals surface area contributed by atoms with Gasteiger partial charge in [0.15, 0.2) is 11.5 Å². The summed E-state index contributed by atoms with van der Waals surface area (Å²) in [6, 6.07) is 10.1. The van der Waals surface area contributed by atoms with Crippen molar-refractivity contribution in [1.29, 1.82) is 0 Å². The summed E-state index contributed by atoms with van der Waals surface area (Å²) in [5.41, 5.74) is 9.21. The lowest BCUT2D eigenvalue weighted by Crippen LogP contribution is -2.05. The maximum Gasteiger partial charge on any atom is 0.231 e. The lowest BCUT2D eigenvalue weighted by Gasteiger charge is -2.10. The molecule has 0 saturated carbocycles. The van der Waals surface area contributed by atoms with E-state index in [-0.39, 0.29) is 6.04 Å². The second-order valence-corrected chi connectivity index (χ2v) is 5.89. The minimum atomic E-state index is 0.240. The number of pyridine rings is 1. The third-order valence-electron chi connectivity index (χ3n) is 3.86. The minimum Gasteiger partial charge on any atom is -0.382 e. The number of fused-ring (bicyclic) bond motifs is 2. The van der Waals surface area contributed by atoms with Gasteiger partial charge in [-0.3, -0.25) is 4.98 Å². The monoisotopic (exact) mass is 319 g/mol. The van der Waals surface area contributed by atoms with E-state index in [4.69, 9.17) is 5.73 Å². The number of nitrogens with zero attached hydrogens (tertiary/aromatic N) is 5. The van der Waals surface area contributed by atoms with Gasteiger partial charge in [0.2, 0.25) is 5.95 Å². The van der Waals surface area contributed by atoms with Crippen LogP contribution in [0.15, 0.2) is 42.9 Å². The molecule has 24 heavy (non-hydrogen) atoms. The molecule has 7 nitrogen and oxygen atoms in total. The molecule has 4 rings (SSSR count). The maximum atomic E-state index is 6.04. The summed E-state index contributed by atoms with van der Waals surface area (Å²) in [7, 11) is 0. The molecule has 0 fully saturated rings. The molecule has 0 aliphatic rings. The number of imidazole rings is 1. The summed E-state index contributed by atoms with van der Waals surface area (Å²) in [5.74, 6) is 0.815. The van der Waals surface area contributed by atoms with Crippen LogP contribution < -0.4 is 11.1 Å². The first-order valence-electron chi connectivity index (χ1n) is 7.73. The molecule has 0 aliphatic heterocycles. The van der Waals surface area contributed by atoms with Crippen molar-refractivity contribution >= 4 is 39.5 Å². The van der Waals surface area contributed by atoms with E-state index in [1.807, 2.05) is 34.9 Å². The normalized spacial score (nSPS) is 11.5. The number of anilines is 3. The van der Waals surface area contributed by atoms with Crippen LogP contribution in [0.1, 0.15) is 19.9 Å². The number of nitrogens with one attached hydrogen (secondary N) is 1. The van der Waals surface area contributed by atoms with Gasteiger partial charge in [0.05, 0.1) is 11.8 Å². The molecule has 0 spiro atoms. The Hall–Kier alpha value is -3.22. The molecule has 3 aromatic heterocycles. The zero-order valence-electron chi connectivity index (χ0n) is 13.4. The van der Waals surface area contributed by atoms with Crippen LogP contribution in [0.5, 0.6) is 0 Å². The van der Waals surface area contributed by atoms with Gasteiger partial charge in [-0.15, -0.1) is 0 Å². The van der Waals surface area contributed by atoms with Crippen LogP contribution in [0.25, 0.3) is 22.1 Å². The van der Waals surface area contributed by atoms with Gasteiger partial charge in [-0.25, -0.2) is 4.98 Å². The molecule has 7 heteroatoms. The number of benzene rings is 1. The van der Waals surface area contributed by atoms with Crippen LogP contribution in [0.3, 0.4) is 0 Å². The molecule has 0 saturated heterocycles. The highest BCUT2D eigenvalue weighted by molar-refractivity contribution is 5.85. The van der Waals surface area contributed by atoms with E-state index in [1.54, 1.807) is 12.5 Å². The highest BCUT2D eigenvalue weighted by atomic mass is 15.2. The average molecular weight is 319 g/mol. The number of hydrogen-bond donors (Lipinski definition) is 2. The predicted octanol–water partition coefficient (Wildman–Crippen LogP) is 3.28. The smallest absolute Gasteiger partial charge is 0.231 e. The van der Waals surface area contributed by atoms with Crippen molar-refractivity contribution in [2.45, 2.75) is 19.9 Å². The Morgan fingerprint density at radius 2 is 2.00 bits per heavy atom. The van der Waals surface area contributed by atoms with E-state index in [9.17, 15) is 0 Å². The molecule has 1 aromatic carbocycles. The van der Waals surface area contributed by atoms with Gasteiger partial charge < -0.3 is 15.6 Å². The fourth-order valence-corrected chi connectivity index (χ4v) is 2.65. The van der Waals surface area contributed by atoms with Crippen LogP contribution in [-0.2, 0) is 0 Å². The van der Waals surface area contributed by atoms with Gasteiger partial charge in [-0.2, -0.15) is 9.97 Å². The molecular formula is C17H17N7. The average Bonchev–Trinajstić information content (AvgIpc) is 2.99. The zero-order valence-corrected chi connectivity index (χ0v) is 13.4. The van der Waals surface area contributed by atoms with Crippen molar-refractivity contribution in [1.82, 2.24) is 24.5 Å². The van der Waals surface area contributed by atoms with Crippen LogP contribution in [0.2, 0.25) is 0 Å². The Balaban J connectivity index is 1.76. The van der Waals surface area contributed by atoms with Gasteiger partial charge in [0.1, 0.15) is 5.52 Å². The Kier molecular flexibility index (Phi) is 3.26. The van der Waals surface area contributed by atoms with Gasteiger partial charge in [0.25, 0.3) is 0 Å². The molecule has 0 aliphatic carbocycles. The fraction of sp³-hybridized carbons (Fsp3) is 0.176. The lowest BCUT2D eigenvalue weighted by atomic mass is 10.2. The highest BCUT2D eigenvalue weighted by Crippen LogP contribution is 2.24. The molecule has 3 heterocycles. The first-order valence-corrected chi connectivity index (χ1v) is 7.73. The third-order valence-corrected chi connectivity index (χ3v) is 3.86. The number of nitrogen functional groups attached to an aromatic ring is 1. The number of hydrogen-bond acceptors (Lipinski definition) is 6. The van der Waals surface area contributed by atoms with E-state index >= 15 is 0 Å². The Morgan fingerprint density at radius 3 is 2.83 bits per heavy atom. The summed E-state index contributed by atoms with van der Waals surface area (Å²) in [5, 5.41) is 4.26. The van der Waals surface area contributed by atoms with Crippen molar-refractivity contribution in [3.8, 4) is 0 Å². The summed E-state index contributed by atoms with van der Waals surface area (Å²) >= 11 is 0. The molecular weight excluding hydrogens is 302 g/mol. The van der Waals surface area contributed by atoms with Gasteiger partial charge in [-0.1, -0.05) is 6.07 Å². The van der Waals surface area contributed by atoms with Gasteiger partial charge in [0, 0.05) is 23.3 Å². The Morgan fingerprint density at radius 1 is 1.12 bits per heavy atom.